The van der Waals surface area contributed by atoms with Gasteiger partial charge in [0.2, 0.25) is 0 Å². The molecule has 0 spiro atoms. The Hall–Kier alpha value is -1.23. The first-order valence-electron chi connectivity index (χ1n) is 6.26. The summed E-state index contributed by atoms with van der Waals surface area (Å²) in [7, 11) is -3.23. The molecule has 0 aliphatic rings. The molecule has 0 fully saturated rings. The molecule has 0 unspecified atom stereocenters. The molecule has 2 rings (SSSR count). The van der Waals surface area contributed by atoms with E-state index < -0.39 is 9.84 Å². The molecule has 3 nitrogen and oxygen atoms in total. The fourth-order valence-electron chi connectivity index (χ4n) is 1.91. The predicted molar refractivity (Wildman–Crippen MR) is 88.1 cm³/mol. The molecule has 0 aliphatic heterocycles. The van der Waals surface area contributed by atoms with Gasteiger partial charge >= 0.3 is 0 Å². The molecule has 0 saturated carbocycles. The summed E-state index contributed by atoms with van der Waals surface area (Å²) in [6.45, 7) is 2.33. The third-order valence-electron chi connectivity index (χ3n) is 3.15. The molecule has 0 bridgehead atoms. The molecule has 2 aromatic rings. The van der Waals surface area contributed by atoms with Crippen LogP contribution in [0, 0.1) is 6.92 Å². The number of halogens is 2. The van der Waals surface area contributed by atoms with Crippen LogP contribution in [0.4, 0.5) is 5.69 Å². The van der Waals surface area contributed by atoms with Crippen LogP contribution in [0.15, 0.2) is 41.3 Å². The number of sulfone groups is 1. The van der Waals surface area contributed by atoms with E-state index in [1.54, 1.807) is 36.4 Å². The van der Waals surface area contributed by atoms with Gasteiger partial charge in [-0.1, -0.05) is 35.3 Å². The van der Waals surface area contributed by atoms with Gasteiger partial charge in [0.1, 0.15) is 0 Å². The summed E-state index contributed by atoms with van der Waals surface area (Å²) in [6, 6.07) is 10.3. The number of aryl methyl sites for hydroxylation is 1. The van der Waals surface area contributed by atoms with Crippen molar-refractivity contribution in [1.82, 2.24) is 0 Å². The minimum Gasteiger partial charge on any atom is -0.381 e. The number of hydrogen-bond acceptors (Lipinski definition) is 3. The van der Waals surface area contributed by atoms with E-state index in [1.807, 2.05) is 6.92 Å². The van der Waals surface area contributed by atoms with Gasteiger partial charge in [0.15, 0.2) is 9.84 Å². The zero-order chi connectivity index (χ0) is 15.6. The van der Waals surface area contributed by atoms with Gasteiger partial charge in [-0.2, -0.15) is 0 Å². The van der Waals surface area contributed by atoms with Crippen LogP contribution in [-0.2, 0) is 16.4 Å². The highest BCUT2D eigenvalue weighted by molar-refractivity contribution is 7.90. The molecule has 0 atom stereocenters. The van der Waals surface area contributed by atoms with Crippen molar-refractivity contribution < 1.29 is 8.42 Å². The van der Waals surface area contributed by atoms with Crippen molar-refractivity contribution in [3.8, 4) is 0 Å². The third kappa shape index (κ3) is 3.90. The van der Waals surface area contributed by atoms with Crippen LogP contribution in [-0.4, -0.2) is 14.7 Å². The normalized spacial score (nSPS) is 11.4. The summed E-state index contributed by atoms with van der Waals surface area (Å²) < 4.78 is 23.2. The molecule has 0 heterocycles. The predicted octanol–water partition coefficient (Wildman–Crippen LogP) is 4.32. The van der Waals surface area contributed by atoms with Gasteiger partial charge in [0, 0.05) is 34.1 Å². The van der Waals surface area contributed by atoms with Crippen molar-refractivity contribution in [2.45, 2.75) is 18.4 Å². The summed E-state index contributed by atoms with van der Waals surface area (Å²) in [4.78, 5) is 0.279. The van der Waals surface area contributed by atoms with Crippen molar-refractivity contribution >= 4 is 38.7 Å². The zero-order valence-electron chi connectivity index (χ0n) is 11.7. The van der Waals surface area contributed by atoms with Crippen LogP contribution in [0.3, 0.4) is 0 Å². The Morgan fingerprint density at radius 2 is 1.71 bits per heavy atom. The minimum absolute atomic E-state index is 0.279. The van der Waals surface area contributed by atoms with E-state index in [-0.39, 0.29) is 4.90 Å². The SMILES string of the molecule is Cc1ccc(S(C)(=O)=O)cc1NCc1c(Cl)cccc1Cl. The van der Waals surface area contributed by atoms with Gasteiger partial charge in [0.05, 0.1) is 4.90 Å². The van der Waals surface area contributed by atoms with E-state index in [1.165, 1.54) is 6.26 Å². The average molecular weight is 344 g/mol. The first kappa shape index (κ1) is 16.1. The number of rotatable bonds is 4. The number of anilines is 1. The van der Waals surface area contributed by atoms with Crippen LogP contribution in [0.25, 0.3) is 0 Å². The standard InChI is InChI=1S/C15H15Cl2NO2S/c1-10-6-7-11(21(2,19)20)8-15(10)18-9-12-13(16)4-3-5-14(12)17/h3-8,18H,9H2,1-2H3. The second-order valence-corrected chi connectivity index (χ2v) is 7.63. The summed E-state index contributed by atoms with van der Waals surface area (Å²) in [5.41, 5.74) is 2.48. The molecule has 0 aliphatic carbocycles. The highest BCUT2D eigenvalue weighted by atomic mass is 35.5. The van der Waals surface area contributed by atoms with Crippen molar-refractivity contribution in [3.63, 3.8) is 0 Å². The fraction of sp³-hybridized carbons (Fsp3) is 0.200. The Kier molecular flexibility index (Phi) is 4.81. The van der Waals surface area contributed by atoms with Gasteiger partial charge in [-0.25, -0.2) is 8.42 Å². The molecule has 0 radical (unpaired) electrons. The zero-order valence-corrected chi connectivity index (χ0v) is 14.0. The lowest BCUT2D eigenvalue weighted by Gasteiger charge is -2.13. The smallest absolute Gasteiger partial charge is 0.175 e. The lowest BCUT2D eigenvalue weighted by molar-refractivity contribution is 0.602. The minimum atomic E-state index is -3.23. The molecule has 21 heavy (non-hydrogen) atoms. The number of nitrogens with one attached hydrogen (secondary N) is 1. The topological polar surface area (TPSA) is 46.2 Å². The van der Waals surface area contributed by atoms with E-state index in [4.69, 9.17) is 23.2 Å². The van der Waals surface area contributed by atoms with Crippen molar-refractivity contribution in [2.75, 3.05) is 11.6 Å². The highest BCUT2D eigenvalue weighted by Gasteiger charge is 2.10. The second kappa shape index (κ2) is 6.26. The molecule has 0 amide bonds. The number of benzene rings is 2. The Labute approximate surface area is 134 Å². The summed E-state index contributed by atoms with van der Waals surface area (Å²) in [5.74, 6) is 0. The van der Waals surface area contributed by atoms with E-state index >= 15 is 0 Å². The van der Waals surface area contributed by atoms with E-state index in [0.29, 0.717) is 16.6 Å². The lowest BCUT2D eigenvalue weighted by atomic mass is 10.1. The quantitative estimate of drug-likeness (QED) is 0.899. The van der Waals surface area contributed by atoms with E-state index in [9.17, 15) is 8.42 Å². The summed E-state index contributed by atoms with van der Waals surface area (Å²) >= 11 is 12.2. The summed E-state index contributed by atoms with van der Waals surface area (Å²) in [5, 5.41) is 4.34. The average Bonchev–Trinajstić information content (AvgIpc) is 2.38. The van der Waals surface area contributed by atoms with E-state index in [2.05, 4.69) is 5.32 Å². The first-order chi connectivity index (χ1) is 9.79. The molecule has 2 aromatic carbocycles. The third-order valence-corrected chi connectivity index (χ3v) is 4.97. The molecule has 1 N–H and O–H groups in total. The van der Waals surface area contributed by atoms with Crippen LogP contribution in [0.2, 0.25) is 10.0 Å². The molecule has 0 aromatic heterocycles. The summed E-state index contributed by atoms with van der Waals surface area (Å²) in [6.07, 6.45) is 1.19. The van der Waals surface area contributed by atoms with Gasteiger partial charge in [-0.05, 0) is 36.8 Å². The molecule has 6 heteroatoms. The second-order valence-electron chi connectivity index (χ2n) is 4.80. The van der Waals surface area contributed by atoms with Crippen molar-refractivity contribution in [3.05, 3.63) is 57.6 Å². The Balaban J connectivity index is 2.28. The largest absolute Gasteiger partial charge is 0.381 e. The van der Waals surface area contributed by atoms with Crippen LogP contribution in [0.1, 0.15) is 11.1 Å². The van der Waals surface area contributed by atoms with E-state index in [0.717, 1.165) is 16.8 Å². The first-order valence-corrected chi connectivity index (χ1v) is 8.91. The number of hydrogen-bond donors (Lipinski definition) is 1. The van der Waals surface area contributed by atoms with Gasteiger partial charge in [-0.15, -0.1) is 0 Å². The lowest BCUT2D eigenvalue weighted by Crippen LogP contribution is -2.04. The molecular weight excluding hydrogens is 329 g/mol. The maximum atomic E-state index is 11.6. The van der Waals surface area contributed by atoms with Crippen molar-refractivity contribution in [1.29, 1.82) is 0 Å². The highest BCUT2D eigenvalue weighted by Crippen LogP contribution is 2.26. The van der Waals surface area contributed by atoms with Crippen LogP contribution in [0.5, 0.6) is 0 Å². The maximum absolute atomic E-state index is 11.6. The van der Waals surface area contributed by atoms with Gasteiger partial charge in [-0.3, -0.25) is 0 Å². The molecule has 112 valence electrons. The monoisotopic (exact) mass is 343 g/mol. The fourth-order valence-corrected chi connectivity index (χ4v) is 3.09. The van der Waals surface area contributed by atoms with Crippen molar-refractivity contribution in [2.24, 2.45) is 0 Å². The Bertz CT molecular complexity index is 753. The molecule has 0 saturated heterocycles. The Morgan fingerprint density at radius 1 is 1.10 bits per heavy atom. The Morgan fingerprint density at radius 3 is 2.29 bits per heavy atom. The van der Waals surface area contributed by atoms with Crippen LogP contribution >= 0.6 is 23.2 Å². The maximum Gasteiger partial charge on any atom is 0.175 e. The van der Waals surface area contributed by atoms with Crippen LogP contribution < -0.4 is 5.32 Å². The molecular formula is C15H15Cl2NO2S. The van der Waals surface area contributed by atoms with Gasteiger partial charge < -0.3 is 5.32 Å². The van der Waals surface area contributed by atoms with Gasteiger partial charge in [0.25, 0.3) is 0 Å².